The van der Waals surface area contributed by atoms with Gasteiger partial charge in [0.05, 0.1) is 5.69 Å². The Labute approximate surface area is 97.4 Å². The van der Waals surface area contributed by atoms with Crippen molar-refractivity contribution < 1.29 is 4.79 Å². The summed E-state index contributed by atoms with van der Waals surface area (Å²) in [5.41, 5.74) is 11.2. The van der Waals surface area contributed by atoms with Crippen LogP contribution in [0.5, 0.6) is 0 Å². The third-order valence-electron chi connectivity index (χ3n) is 2.57. The van der Waals surface area contributed by atoms with Crippen LogP contribution in [0.1, 0.15) is 12.5 Å². The van der Waals surface area contributed by atoms with E-state index in [1.54, 1.807) is 31.2 Å². The molecule has 0 radical (unpaired) electrons. The molecule has 1 heterocycles. The molecule has 1 atom stereocenters. The third kappa shape index (κ3) is 2.00. The molecule has 0 bridgehead atoms. The summed E-state index contributed by atoms with van der Waals surface area (Å²) < 4.78 is 1.47. The van der Waals surface area contributed by atoms with Crippen molar-refractivity contribution >= 4 is 5.91 Å². The number of carbonyl (C=O) groups excluding carboxylic acids is 1. The van der Waals surface area contributed by atoms with Gasteiger partial charge in [-0.1, -0.05) is 12.1 Å². The fourth-order valence-corrected chi connectivity index (χ4v) is 1.39. The molecule has 1 aromatic carbocycles. The SMILES string of the molecule is CC(N)(C(N)=O)c1cccc(-n2cnnn2)c1. The average Bonchev–Trinajstić information content (AvgIpc) is 2.82. The first-order valence-electron chi connectivity index (χ1n) is 4.94. The number of tetrazole rings is 1. The van der Waals surface area contributed by atoms with Crippen molar-refractivity contribution in [2.24, 2.45) is 11.5 Å². The van der Waals surface area contributed by atoms with Crippen molar-refractivity contribution in [2.45, 2.75) is 12.5 Å². The van der Waals surface area contributed by atoms with Crippen molar-refractivity contribution in [1.82, 2.24) is 20.2 Å². The molecule has 17 heavy (non-hydrogen) atoms. The second kappa shape index (κ2) is 3.95. The van der Waals surface area contributed by atoms with E-state index in [1.807, 2.05) is 0 Å². The molecular weight excluding hydrogens is 220 g/mol. The number of benzene rings is 1. The van der Waals surface area contributed by atoms with E-state index in [4.69, 9.17) is 11.5 Å². The fourth-order valence-electron chi connectivity index (χ4n) is 1.39. The topological polar surface area (TPSA) is 113 Å². The molecule has 7 heteroatoms. The number of primary amides is 1. The zero-order valence-corrected chi connectivity index (χ0v) is 9.24. The predicted molar refractivity (Wildman–Crippen MR) is 59.9 cm³/mol. The minimum atomic E-state index is -1.22. The molecule has 1 aromatic heterocycles. The smallest absolute Gasteiger partial charge is 0.241 e. The van der Waals surface area contributed by atoms with Crippen LogP contribution in [0.15, 0.2) is 30.6 Å². The van der Waals surface area contributed by atoms with Gasteiger partial charge in [0.1, 0.15) is 11.9 Å². The maximum absolute atomic E-state index is 11.3. The van der Waals surface area contributed by atoms with E-state index in [-0.39, 0.29) is 0 Å². The van der Waals surface area contributed by atoms with Crippen LogP contribution in [-0.4, -0.2) is 26.1 Å². The zero-order chi connectivity index (χ0) is 12.5. The number of hydrogen-bond donors (Lipinski definition) is 2. The molecule has 0 aliphatic carbocycles. The van der Waals surface area contributed by atoms with Gasteiger partial charge < -0.3 is 11.5 Å². The molecule has 4 N–H and O–H groups in total. The van der Waals surface area contributed by atoms with Crippen LogP contribution in [0.4, 0.5) is 0 Å². The van der Waals surface area contributed by atoms with E-state index in [0.29, 0.717) is 11.3 Å². The number of aromatic nitrogens is 4. The van der Waals surface area contributed by atoms with Crippen molar-refractivity contribution in [3.63, 3.8) is 0 Å². The van der Waals surface area contributed by atoms with E-state index < -0.39 is 11.4 Å². The Morgan fingerprint density at radius 3 is 2.82 bits per heavy atom. The van der Waals surface area contributed by atoms with Crippen molar-refractivity contribution in [1.29, 1.82) is 0 Å². The predicted octanol–water partition coefficient (Wildman–Crippen LogP) is -0.678. The highest BCUT2D eigenvalue weighted by molar-refractivity contribution is 5.85. The molecular formula is C10H12N6O. The summed E-state index contributed by atoms with van der Waals surface area (Å²) in [5, 5.41) is 10.8. The van der Waals surface area contributed by atoms with Crippen LogP contribution >= 0.6 is 0 Å². The van der Waals surface area contributed by atoms with Gasteiger partial charge in [-0.25, -0.2) is 4.68 Å². The minimum Gasteiger partial charge on any atom is -0.368 e. The number of nitrogens with zero attached hydrogens (tertiary/aromatic N) is 4. The Bertz CT molecular complexity index is 533. The van der Waals surface area contributed by atoms with Crippen molar-refractivity contribution in [3.8, 4) is 5.69 Å². The molecule has 88 valence electrons. The van der Waals surface area contributed by atoms with Gasteiger partial charge in [-0.05, 0) is 35.0 Å². The van der Waals surface area contributed by atoms with Crippen LogP contribution in [0.2, 0.25) is 0 Å². The molecule has 2 aromatic rings. The molecule has 0 aliphatic rings. The van der Waals surface area contributed by atoms with Gasteiger partial charge in [-0.2, -0.15) is 0 Å². The van der Waals surface area contributed by atoms with Gasteiger partial charge in [0, 0.05) is 0 Å². The number of hydrogen-bond acceptors (Lipinski definition) is 5. The minimum absolute atomic E-state index is 0.591. The summed E-state index contributed by atoms with van der Waals surface area (Å²) in [4.78, 5) is 11.3. The lowest BCUT2D eigenvalue weighted by atomic mass is 9.92. The van der Waals surface area contributed by atoms with Crippen LogP contribution in [0, 0.1) is 0 Å². The van der Waals surface area contributed by atoms with Crippen LogP contribution in [-0.2, 0) is 10.3 Å². The Morgan fingerprint density at radius 2 is 2.24 bits per heavy atom. The summed E-state index contributed by atoms with van der Waals surface area (Å²) in [7, 11) is 0. The van der Waals surface area contributed by atoms with E-state index >= 15 is 0 Å². The van der Waals surface area contributed by atoms with Gasteiger partial charge in [0.2, 0.25) is 5.91 Å². The average molecular weight is 232 g/mol. The van der Waals surface area contributed by atoms with E-state index in [9.17, 15) is 4.79 Å². The number of rotatable bonds is 3. The zero-order valence-electron chi connectivity index (χ0n) is 9.24. The Balaban J connectivity index is 2.46. The largest absolute Gasteiger partial charge is 0.368 e. The van der Waals surface area contributed by atoms with Crippen LogP contribution in [0.25, 0.3) is 5.69 Å². The highest BCUT2D eigenvalue weighted by atomic mass is 16.1. The molecule has 1 unspecified atom stereocenters. The van der Waals surface area contributed by atoms with Crippen LogP contribution in [0.3, 0.4) is 0 Å². The quantitative estimate of drug-likeness (QED) is 0.728. The van der Waals surface area contributed by atoms with E-state index in [1.165, 1.54) is 11.0 Å². The molecule has 0 aliphatic heterocycles. The Hall–Kier alpha value is -2.28. The summed E-state index contributed by atoms with van der Waals surface area (Å²) in [6, 6.07) is 7.02. The molecule has 2 rings (SSSR count). The molecule has 1 amide bonds. The molecule has 0 fully saturated rings. The lowest BCUT2D eigenvalue weighted by molar-refractivity contribution is -0.122. The lowest BCUT2D eigenvalue weighted by Gasteiger charge is -2.21. The number of carbonyl (C=O) groups is 1. The number of nitrogens with two attached hydrogens (primary N) is 2. The second-order valence-electron chi connectivity index (χ2n) is 3.87. The molecule has 0 saturated heterocycles. The van der Waals surface area contributed by atoms with Gasteiger partial charge in [-0.3, -0.25) is 4.79 Å². The molecule has 0 spiro atoms. The first-order valence-corrected chi connectivity index (χ1v) is 4.94. The van der Waals surface area contributed by atoms with Gasteiger partial charge in [0.25, 0.3) is 0 Å². The first-order chi connectivity index (χ1) is 8.01. The first kappa shape index (κ1) is 11.2. The highest BCUT2D eigenvalue weighted by Gasteiger charge is 2.28. The third-order valence-corrected chi connectivity index (χ3v) is 2.57. The maximum atomic E-state index is 11.3. The monoisotopic (exact) mass is 232 g/mol. The fraction of sp³-hybridized carbons (Fsp3) is 0.200. The normalized spacial score (nSPS) is 14.2. The molecule has 0 saturated carbocycles. The van der Waals surface area contributed by atoms with Crippen molar-refractivity contribution in [2.75, 3.05) is 0 Å². The summed E-state index contributed by atoms with van der Waals surface area (Å²) in [6.07, 6.45) is 1.46. The van der Waals surface area contributed by atoms with Gasteiger partial charge >= 0.3 is 0 Å². The molecule has 7 nitrogen and oxygen atoms in total. The number of amides is 1. The summed E-state index contributed by atoms with van der Waals surface area (Å²) in [5.74, 6) is -0.591. The maximum Gasteiger partial charge on any atom is 0.241 e. The summed E-state index contributed by atoms with van der Waals surface area (Å²) >= 11 is 0. The second-order valence-corrected chi connectivity index (χ2v) is 3.87. The Morgan fingerprint density at radius 1 is 1.47 bits per heavy atom. The summed E-state index contributed by atoms with van der Waals surface area (Å²) in [6.45, 7) is 1.56. The van der Waals surface area contributed by atoms with Gasteiger partial charge in [0.15, 0.2) is 0 Å². The van der Waals surface area contributed by atoms with E-state index in [0.717, 1.165) is 0 Å². The van der Waals surface area contributed by atoms with Crippen LogP contribution < -0.4 is 11.5 Å². The van der Waals surface area contributed by atoms with Crippen molar-refractivity contribution in [3.05, 3.63) is 36.2 Å². The highest BCUT2D eigenvalue weighted by Crippen LogP contribution is 2.19. The van der Waals surface area contributed by atoms with E-state index in [2.05, 4.69) is 15.5 Å². The lowest BCUT2D eigenvalue weighted by Crippen LogP contribution is -2.46. The standard InChI is InChI=1S/C10H12N6O/c1-10(12,9(11)17)7-3-2-4-8(5-7)16-6-13-14-15-16/h2-6H,12H2,1H3,(H2,11,17). The Kier molecular flexibility index (Phi) is 2.60. The van der Waals surface area contributed by atoms with Gasteiger partial charge in [-0.15, -0.1) is 5.10 Å².